The highest BCUT2D eigenvalue weighted by Crippen LogP contribution is 2.18. The van der Waals surface area contributed by atoms with Crippen molar-refractivity contribution in [2.75, 3.05) is 16.6 Å². The number of rotatable bonds is 8. The Kier molecular flexibility index (Phi) is 7.52. The summed E-state index contributed by atoms with van der Waals surface area (Å²) in [6.07, 6.45) is 1.44. The van der Waals surface area contributed by atoms with Crippen LogP contribution in [0.4, 0.5) is 20.2 Å². The number of anilines is 2. The van der Waals surface area contributed by atoms with E-state index in [1.165, 1.54) is 30.3 Å². The molecule has 10 heteroatoms. The Morgan fingerprint density at radius 2 is 1.52 bits per heavy atom. The predicted octanol–water partition coefficient (Wildman–Crippen LogP) is 4.17. The van der Waals surface area contributed by atoms with Gasteiger partial charge in [-0.25, -0.2) is 22.0 Å². The standard InChI is InChI=1S/C23H18F2N2O5S/c24-19-7-4-8-20(25)22(19)26-21(28)15-32-23(29)17-9-11-18(12-10-17)27-33(30,31)14-13-16-5-2-1-3-6-16/h1-14,27H,15H2,(H,26,28). The van der Waals surface area contributed by atoms with Gasteiger partial charge in [-0.1, -0.05) is 36.4 Å². The first-order valence-corrected chi connectivity index (χ1v) is 11.1. The molecule has 0 aliphatic rings. The molecule has 2 N–H and O–H groups in total. The van der Waals surface area contributed by atoms with Crippen molar-refractivity contribution < 1.29 is 31.5 Å². The van der Waals surface area contributed by atoms with Crippen LogP contribution in [0.5, 0.6) is 0 Å². The largest absolute Gasteiger partial charge is 0.452 e. The summed E-state index contributed by atoms with van der Waals surface area (Å²) in [5, 5.41) is 3.01. The summed E-state index contributed by atoms with van der Waals surface area (Å²) in [6.45, 7) is -0.773. The van der Waals surface area contributed by atoms with Gasteiger partial charge in [0.05, 0.1) is 11.0 Å². The minimum atomic E-state index is -3.79. The van der Waals surface area contributed by atoms with E-state index in [9.17, 15) is 26.8 Å². The molecule has 0 saturated heterocycles. The minimum absolute atomic E-state index is 0.0441. The van der Waals surface area contributed by atoms with Crippen molar-refractivity contribution in [3.63, 3.8) is 0 Å². The minimum Gasteiger partial charge on any atom is -0.452 e. The van der Waals surface area contributed by atoms with Crippen molar-refractivity contribution in [3.05, 3.63) is 101 Å². The number of hydrogen-bond donors (Lipinski definition) is 2. The number of amides is 1. The zero-order chi connectivity index (χ0) is 23.8. The molecule has 0 unspecified atom stereocenters. The maximum atomic E-state index is 13.5. The van der Waals surface area contributed by atoms with Gasteiger partial charge in [-0.15, -0.1) is 0 Å². The van der Waals surface area contributed by atoms with E-state index >= 15 is 0 Å². The third-order valence-corrected chi connectivity index (χ3v) is 5.20. The molecule has 0 spiro atoms. The van der Waals surface area contributed by atoms with Crippen molar-refractivity contribution in [2.24, 2.45) is 0 Å². The summed E-state index contributed by atoms with van der Waals surface area (Å²) >= 11 is 0. The molecule has 0 aliphatic heterocycles. The number of carbonyl (C=O) groups is 2. The second-order valence-corrected chi connectivity index (χ2v) is 8.23. The highest BCUT2D eigenvalue weighted by atomic mass is 32.2. The van der Waals surface area contributed by atoms with Gasteiger partial charge >= 0.3 is 5.97 Å². The topological polar surface area (TPSA) is 102 Å². The fourth-order valence-corrected chi connectivity index (χ4v) is 3.48. The van der Waals surface area contributed by atoms with Crippen molar-refractivity contribution in [1.82, 2.24) is 0 Å². The second kappa shape index (κ2) is 10.5. The quantitative estimate of drug-likeness (QED) is 0.479. The highest BCUT2D eigenvalue weighted by Gasteiger charge is 2.15. The molecule has 0 aromatic heterocycles. The van der Waals surface area contributed by atoms with Gasteiger partial charge in [0.25, 0.3) is 15.9 Å². The highest BCUT2D eigenvalue weighted by molar-refractivity contribution is 7.95. The lowest BCUT2D eigenvalue weighted by Crippen LogP contribution is -2.22. The monoisotopic (exact) mass is 472 g/mol. The van der Waals surface area contributed by atoms with Gasteiger partial charge in [-0.05, 0) is 48.0 Å². The number of hydrogen-bond acceptors (Lipinski definition) is 5. The number of benzene rings is 3. The summed E-state index contributed by atoms with van der Waals surface area (Å²) in [7, 11) is -3.79. The second-order valence-electron chi connectivity index (χ2n) is 6.66. The first kappa shape index (κ1) is 23.6. The molecule has 0 heterocycles. The molecule has 3 aromatic carbocycles. The van der Waals surface area contributed by atoms with E-state index in [2.05, 4.69) is 4.72 Å². The normalized spacial score (nSPS) is 11.2. The molecule has 0 aliphatic carbocycles. The van der Waals surface area contributed by atoms with Crippen LogP contribution in [-0.4, -0.2) is 26.9 Å². The molecule has 170 valence electrons. The van der Waals surface area contributed by atoms with Gasteiger partial charge in [0.1, 0.15) is 17.3 Å². The van der Waals surface area contributed by atoms with Gasteiger partial charge in [0.15, 0.2) is 6.61 Å². The SMILES string of the molecule is O=C(COC(=O)c1ccc(NS(=O)(=O)C=Cc2ccccc2)cc1)Nc1c(F)cccc1F. The van der Waals surface area contributed by atoms with Crippen LogP contribution in [0.2, 0.25) is 0 Å². The van der Waals surface area contributed by atoms with Crippen molar-refractivity contribution >= 4 is 39.4 Å². The molecular formula is C23H18F2N2O5S. The first-order valence-electron chi connectivity index (χ1n) is 9.50. The van der Waals surface area contributed by atoms with E-state index < -0.39 is 45.8 Å². The Hall–Kier alpha value is -4.05. The zero-order valence-electron chi connectivity index (χ0n) is 17.0. The summed E-state index contributed by atoms with van der Waals surface area (Å²) < 4.78 is 58.6. The fraction of sp³-hybridized carbons (Fsp3) is 0.0435. The maximum Gasteiger partial charge on any atom is 0.338 e. The number of ether oxygens (including phenoxy) is 1. The van der Waals surface area contributed by atoms with Crippen LogP contribution in [0.25, 0.3) is 6.08 Å². The van der Waals surface area contributed by atoms with E-state index in [1.807, 2.05) is 11.4 Å². The summed E-state index contributed by atoms with van der Waals surface area (Å²) in [5.41, 5.74) is 0.318. The van der Waals surface area contributed by atoms with E-state index in [0.29, 0.717) is 5.56 Å². The molecule has 7 nitrogen and oxygen atoms in total. The average molecular weight is 472 g/mol. The van der Waals surface area contributed by atoms with Gasteiger partial charge in [-0.2, -0.15) is 0 Å². The van der Waals surface area contributed by atoms with Crippen molar-refractivity contribution in [2.45, 2.75) is 0 Å². The van der Waals surface area contributed by atoms with E-state index in [4.69, 9.17) is 4.74 Å². The summed E-state index contributed by atoms with van der Waals surface area (Å²) in [5.74, 6) is -3.74. The number of carbonyl (C=O) groups excluding carboxylic acids is 2. The van der Waals surface area contributed by atoms with Crippen LogP contribution < -0.4 is 10.0 Å². The number of nitrogens with one attached hydrogen (secondary N) is 2. The lowest BCUT2D eigenvalue weighted by Gasteiger charge is -2.09. The zero-order valence-corrected chi connectivity index (χ0v) is 17.8. The Morgan fingerprint density at radius 3 is 2.15 bits per heavy atom. The van der Waals surface area contributed by atoms with Gasteiger partial charge in [0, 0.05) is 5.69 Å². The molecule has 33 heavy (non-hydrogen) atoms. The predicted molar refractivity (Wildman–Crippen MR) is 120 cm³/mol. The van der Waals surface area contributed by atoms with Gasteiger partial charge in [0.2, 0.25) is 0 Å². The van der Waals surface area contributed by atoms with Crippen LogP contribution in [0.15, 0.2) is 78.2 Å². The summed E-state index contributed by atoms with van der Waals surface area (Å²) in [4.78, 5) is 23.9. The third kappa shape index (κ3) is 6.97. The molecule has 3 aromatic rings. The number of para-hydroxylation sites is 1. The lowest BCUT2D eigenvalue weighted by molar-refractivity contribution is -0.119. The van der Waals surface area contributed by atoms with E-state index in [1.54, 1.807) is 24.3 Å². The Morgan fingerprint density at radius 1 is 0.879 bits per heavy atom. The average Bonchev–Trinajstić information content (AvgIpc) is 2.80. The molecule has 1 amide bonds. The number of halogens is 2. The molecule has 0 radical (unpaired) electrons. The van der Waals surface area contributed by atoms with Crippen LogP contribution in [-0.2, 0) is 19.6 Å². The van der Waals surface area contributed by atoms with Gasteiger partial charge in [-0.3, -0.25) is 9.52 Å². The third-order valence-electron chi connectivity index (χ3n) is 4.18. The molecule has 0 bridgehead atoms. The van der Waals surface area contributed by atoms with Crippen LogP contribution >= 0.6 is 0 Å². The van der Waals surface area contributed by atoms with E-state index in [-0.39, 0.29) is 11.3 Å². The first-order chi connectivity index (χ1) is 15.7. The molecule has 0 atom stereocenters. The molecule has 0 saturated carbocycles. The van der Waals surface area contributed by atoms with Crippen LogP contribution in [0.3, 0.4) is 0 Å². The van der Waals surface area contributed by atoms with Crippen LogP contribution in [0, 0.1) is 11.6 Å². The van der Waals surface area contributed by atoms with Crippen molar-refractivity contribution in [3.8, 4) is 0 Å². The smallest absolute Gasteiger partial charge is 0.338 e. The lowest BCUT2D eigenvalue weighted by atomic mass is 10.2. The summed E-state index contributed by atoms with van der Waals surface area (Å²) in [6, 6.07) is 17.2. The molecule has 0 fully saturated rings. The Bertz CT molecular complexity index is 1260. The number of esters is 1. The molecule has 3 rings (SSSR count). The maximum absolute atomic E-state index is 13.5. The van der Waals surface area contributed by atoms with Gasteiger partial charge < -0.3 is 10.1 Å². The fourth-order valence-electron chi connectivity index (χ4n) is 2.61. The number of sulfonamides is 1. The van der Waals surface area contributed by atoms with E-state index in [0.717, 1.165) is 23.6 Å². The molecular weight excluding hydrogens is 454 g/mol. The van der Waals surface area contributed by atoms with Crippen molar-refractivity contribution in [1.29, 1.82) is 0 Å². The Balaban J connectivity index is 1.54. The van der Waals surface area contributed by atoms with Crippen LogP contribution in [0.1, 0.15) is 15.9 Å². The Labute approximate surface area is 188 Å².